The summed E-state index contributed by atoms with van der Waals surface area (Å²) in [7, 11) is 0. The Balaban J connectivity index is 2.40. The lowest BCUT2D eigenvalue weighted by atomic mass is 10.3. The zero-order valence-corrected chi connectivity index (χ0v) is 11.5. The molecule has 0 unspecified atom stereocenters. The Morgan fingerprint density at radius 3 is 2.79 bits per heavy atom. The first kappa shape index (κ1) is 12.5. The van der Waals surface area contributed by atoms with Crippen LogP contribution in [0.1, 0.15) is 18.2 Å². The molecule has 0 bridgehead atoms. The van der Waals surface area contributed by atoms with Crippen LogP contribution in [0.3, 0.4) is 0 Å². The number of hydrogen-bond donors (Lipinski definition) is 0. The summed E-state index contributed by atoms with van der Waals surface area (Å²) >= 11 is 11.0. The van der Waals surface area contributed by atoms with Gasteiger partial charge in [-0.05, 0) is 47.6 Å². The van der Waals surface area contributed by atoms with Crippen molar-refractivity contribution in [3.05, 3.63) is 20.8 Å². The molecule has 0 spiro atoms. The summed E-state index contributed by atoms with van der Waals surface area (Å²) in [4.78, 5) is 3.83. The zero-order chi connectivity index (χ0) is 10.4. The van der Waals surface area contributed by atoms with Gasteiger partial charge in [-0.3, -0.25) is 4.90 Å². The van der Waals surface area contributed by atoms with Crippen molar-refractivity contribution in [2.45, 2.75) is 19.9 Å². The van der Waals surface area contributed by atoms with Gasteiger partial charge in [-0.15, -0.1) is 22.9 Å². The molecule has 1 rings (SSSR count). The predicted molar refractivity (Wildman–Crippen MR) is 68.3 cm³/mol. The summed E-state index contributed by atoms with van der Waals surface area (Å²) in [6.07, 6.45) is 1.07. The van der Waals surface area contributed by atoms with Crippen LogP contribution in [-0.2, 0) is 6.54 Å². The van der Waals surface area contributed by atoms with Crippen LogP contribution in [0.2, 0.25) is 0 Å². The number of halogens is 2. The minimum absolute atomic E-state index is 0.755. The van der Waals surface area contributed by atoms with Gasteiger partial charge in [0.15, 0.2) is 0 Å². The van der Waals surface area contributed by atoms with Gasteiger partial charge in [0.1, 0.15) is 0 Å². The zero-order valence-electron chi connectivity index (χ0n) is 8.30. The molecule has 0 atom stereocenters. The highest BCUT2D eigenvalue weighted by atomic mass is 79.9. The van der Waals surface area contributed by atoms with Crippen LogP contribution in [0.15, 0.2) is 15.9 Å². The average Bonchev–Trinajstić information content (AvgIpc) is 2.58. The van der Waals surface area contributed by atoms with Crippen LogP contribution in [0, 0.1) is 0 Å². The van der Waals surface area contributed by atoms with Crippen molar-refractivity contribution in [1.29, 1.82) is 0 Å². The van der Waals surface area contributed by atoms with Crippen molar-refractivity contribution in [2.24, 2.45) is 0 Å². The monoisotopic (exact) mass is 295 g/mol. The molecule has 4 heteroatoms. The third-order valence-electron chi connectivity index (χ3n) is 2.06. The number of alkyl halides is 1. The molecule has 0 aliphatic carbocycles. The first-order valence-electron chi connectivity index (χ1n) is 4.78. The molecule has 0 saturated carbocycles. The maximum absolute atomic E-state index is 5.68. The summed E-state index contributed by atoms with van der Waals surface area (Å²) in [5.41, 5.74) is 0. The first-order valence-corrected chi connectivity index (χ1v) is 6.93. The van der Waals surface area contributed by atoms with Gasteiger partial charge in [0.25, 0.3) is 0 Å². The molecular weight excluding hydrogens is 282 g/mol. The molecule has 1 aromatic heterocycles. The highest BCUT2D eigenvalue weighted by Gasteiger charge is 2.04. The highest BCUT2D eigenvalue weighted by molar-refractivity contribution is 9.11. The highest BCUT2D eigenvalue weighted by Crippen LogP contribution is 2.23. The number of thiophene rings is 1. The van der Waals surface area contributed by atoms with E-state index in [2.05, 4.69) is 39.9 Å². The molecular formula is C10H15BrClNS. The second-order valence-electron chi connectivity index (χ2n) is 3.12. The molecule has 0 N–H and O–H groups in total. The Morgan fingerprint density at radius 1 is 1.50 bits per heavy atom. The van der Waals surface area contributed by atoms with Crippen molar-refractivity contribution in [3.63, 3.8) is 0 Å². The fourth-order valence-corrected chi connectivity index (χ4v) is 2.93. The van der Waals surface area contributed by atoms with Gasteiger partial charge in [0, 0.05) is 17.3 Å². The molecule has 1 aromatic rings. The first-order chi connectivity index (χ1) is 6.76. The lowest BCUT2D eigenvalue weighted by molar-refractivity contribution is 0.284. The fourth-order valence-electron chi connectivity index (χ4n) is 1.29. The second-order valence-corrected chi connectivity index (χ2v) is 6.04. The number of nitrogens with zero attached hydrogens (tertiary/aromatic N) is 1. The van der Waals surface area contributed by atoms with Crippen molar-refractivity contribution in [2.75, 3.05) is 19.0 Å². The maximum atomic E-state index is 5.68. The SMILES string of the molecule is CCN(CCCCl)Cc1ccc(Br)s1. The summed E-state index contributed by atoms with van der Waals surface area (Å²) in [5.74, 6) is 0.755. The lowest BCUT2D eigenvalue weighted by Crippen LogP contribution is -2.23. The van der Waals surface area contributed by atoms with E-state index in [0.29, 0.717) is 0 Å². The Bertz CT molecular complexity index is 264. The van der Waals surface area contributed by atoms with E-state index in [1.807, 2.05) is 0 Å². The van der Waals surface area contributed by atoms with Gasteiger partial charge < -0.3 is 0 Å². The van der Waals surface area contributed by atoms with E-state index < -0.39 is 0 Å². The Labute approximate surface area is 103 Å². The Hall–Kier alpha value is 0.430. The van der Waals surface area contributed by atoms with Gasteiger partial charge in [-0.2, -0.15) is 0 Å². The van der Waals surface area contributed by atoms with Crippen LogP contribution in [0.5, 0.6) is 0 Å². The van der Waals surface area contributed by atoms with Gasteiger partial charge in [0.05, 0.1) is 3.79 Å². The van der Waals surface area contributed by atoms with E-state index in [9.17, 15) is 0 Å². The molecule has 0 amide bonds. The van der Waals surface area contributed by atoms with Crippen molar-refractivity contribution < 1.29 is 0 Å². The molecule has 0 radical (unpaired) electrons. The lowest BCUT2D eigenvalue weighted by Gasteiger charge is -2.18. The quantitative estimate of drug-likeness (QED) is 0.718. The molecule has 80 valence electrons. The largest absolute Gasteiger partial charge is 0.298 e. The summed E-state index contributed by atoms with van der Waals surface area (Å²) in [6.45, 7) is 5.42. The molecule has 1 nitrogen and oxygen atoms in total. The summed E-state index contributed by atoms with van der Waals surface area (Å²) in [5, 5.41) is 0. The smallest absolute Gasteiger partial charge is 0.0701 e. The van der Waals surface area contributed by atoms with Crippen LogP contribution in [0.4, 0.5) is 0 Å². The third kappa shape index (κ3) is 4.30. The minimum Gasteiger partial charge on any atom is -0.298 e. The molecule has 0 aliphatic rings. The Morgan fingerprint density at radius 2 is 2.29 bits per heavy atom. The van der Waals surface area contributed by atoms with E-state index in [4.69, 9.17) is 11.6 Å². The van der Waals surface area contributed by atoms with E-state index in [-0.39, 0.29) is 0 Å². The number of rotatable bonds is 6. The van der Waals surface area contributed by atoms with Gasteiger partial charge >= 0.3 is 0 Å². The van der Waals surface area contributed by atoms with E-state index in [0.717, 1.165) is 31.9 Å². The van der Waals surface area contributed by atoms with Crippen LogP contribution in [-0.4, -0.2) is 23.9 Å². The van der Waals surface area contributed by atoms with E-state index in [1.54, 1.807) is 11.3 Å². The molecule has 0 fully saturated rings. The molecule has 0 aliphatic heterocycles. The third-order valence-corrected chi connectivity index (χ3v) is 3.94. The maximum Gasteiger partial charge on any atom is 0.0701 e. The molecule has 0 aromatic carbocycles. The molecule has 0 saturated heterocycles. The Kier molecular flexibility index (Phi) is 6.10. The van der Waals surface area contributed by atoms with Gasteiger partial charge in [-0.1, -0.05) is 6.92 Å². The van der Waals surface area contributed by atoms with Crippen molar-refractivity contribution >= 4 is 38.9 Å². The molecule has 14 heavy (non-hydrogen) atoms. The topological polar surface area (TPSA) is 3.24 Å². The van der Waals surface area contributed by atoms with Gasteiger partial charge in [0.2, 0.25) is 0 Å². The average molecular weight is 297 g/mol. The van der Waals surface area contributed by atoms with Crippen molar-refractivity contribution in [1.82, 2.24) is 4.90 Å². The minimum atomic E-state index is 0.755. The summed E-state index contributed by atoms with van der Waals surface area (Å²) in [6, 6.07) is 4.29. The summed E-state index contributed by atoms with van der Waals surface area (Å²) < 4.78 is 1.21. The van der Waals surface area contributed by atoms with E-state index in [1.165, 1.54) is 8.66 Å². The van der Waals surface area contributed by atoms with Crippen LogP contribution < -0.4 is 0 Å². The number of hydrogen-bond acceptors (Lipinski definition) is 2. The molecule has 1 heterocycles. The van der Waals surface area contributed by atoms with Crippen LogP contribution in [0.25, 0.3) is 0 Å². The van der Waals surface area contributed by atoms with Crippen LogP contribution >= 0.6 is 38.9 Å². The fraction of sp³-hybridized carbons (Fsp3) is 0.600. The van der Waals surface area contributed by atoms with Crippen molar-refractivity contribution in [3.8, 4) is 0 Å². The van der Waals surface area contributed by atoms with Gasteiger partial charge in [-0.25, -0.2) is 0 Å². The second kappa shape index (κ2) is 6.83. The van der Waals surface area contributed by atoms with E-state index >= 15 is 0 Å². The predicted octanol–water partition coefficient (Wildman–Crippen LogP) is 3.96. The normalized spacial score (nSPS) is 11.1. The standard InChI is InChI=1S/C10H15BrClNS/c1-2-13(7-3-6-12)8-9-4-5-10(11)14-9/h4-5H,2-3,6-8H2,1H3.